The third-order valence-corrected chi connectivity index (χ3v) is 4.55. The van der Waals surface area contributed by atoms with Crippen LogP contribution in [0.4, 0.5) is 4.79 Å². The summed E-state index contributed by atoms with van der Waals surface area (Å²) in [5, 5.41) is 8.43. The SMILES string of the molecule is COC(=O)NCc1cc(-n2ccc(-c3ccc(Cl)cc3Cl)n2)ccc1C. The van der Waals surface area contributed by atoms with E-state index in [1.54, 1.807) is 16.8 Å². The van der Waals surface area contributed by atoms with Gasteiger partial charge in [0.05, 0.1) is 23.5 Å². The van der Waals surface area contributed by atoms with Crippen LogP contribution in [-0.2, 0) is 11.3 Å². The zero-order valence-corrected chi connectivity index (χ0v) is 15.8. The molecule has 3 aromatic rings. The molecule has 3 rings (SSSR count). The van der Waals surface area contributed by atoms with Gasteiger partial charge in [-0.1, -0.05) is 29.3 Å². The van der Waals surface area contributed by atoms with Crippen molar-refractivity contribution >= 4 is 29.3 Å². The topological polar surface area (TPSA) is 56.1 Å². The summed E-state index contributed by atoms with van der Waals surface area (Å²) in [4.78, 5) is 11.3. The molecular formula is C19H17Cl2N3O2. The smallest absolute Gasteiger partial charge is 0.407 e. The molecule has 1 amide bonds. The molecule has 134 valence electrons. The summed E-state index contributed by atoms with van der Waals surface area (Å²) < 4.78 is 6.37. The second kappa shape index (κ2) is 7.81. The Balaban J connectivity index is 1.88. The zero-order chi connectivity index (χ0) is 18.7. The van der Waals surface area contributed by atoms with Crippen LogP contribution in [0.2, 0.25) is 10.0 Å². The van der Waals surface area contributed by atoms with E-state index in [0.29, 0.717) is 16.6 Å². The molecule has 2 aromatic carbocycles. The van der Waals surface area contributed by atoms with Crippen molar-refractivity contribution in [3.05, 3.63) is 69.8 Å². The minimum atomic E-state index is -0.464. The molecule has 7 heteroatoms. The lowest BCUT2D eigenvalue weighted by Gasteiger charge is -2.10. The Bertz CT molecular complexity index is 954. The van der Waals surface area contributed by atoms with Crippen molar-refractivity contribution in [2.45, 2.75) is 13.5 Å². The molecule has 0 atom stereocenters. The van der Waals surface area contributed by atoms with Gasteiger partial charge < -0.3 is 10.1 Å². The summed E-state index contributed by atoms with van der Waals surface area (Å²) >= 11 is 12.2. The Hall–Kier alpha value is -2.50. The lowest BCUT2D eigenvalue weighted by Crippen LogP contribution is -2.22. The fourth-order valence-corrected chi connectivity index (χ4v) is 3.04. The highest BCUT2D eigenvalue weighted by molar-refractivity contribution is 6.36. The van der Waals surface area contributed by atoms with E-state index in [9.17, 15) is 4.79 Å². The summed E-state index contributed by atoms with van der Waals surface area (Å²) in [6, 6.07) is 13.1. The third-order valence-electron chi connectivity index (χ3n) is 4.00. The van der Waals surface area contributed by atoms with Crippen LogP contribution in [-0.4, -0.2) is 23.0 Å². The summed E-state index contributed by atoms with van der Waals surface area (Å²) in [5.41, 5.74) is 4.50. The first kappa shape index (κ1) is 18.3. The highest BCUT2D eigenvalue weighted by Crippen LogP contribution is 2.29. The van der Waals surface area contributed by atoms with Crippen molar-refractivity contribution in [1.82, 2.24) is 15.1 Å². The molecule has 0 aliphatic carbocycles. The number of carbonyl (C=O) groups is 1. The Morgan fingerprint density at radius 1 is 1.19 bits per heavy atom. The van der Waals surface area contributed by atoms with Crippen molar-refractivity contribution in [3.63, 3.8) is 0 Å². The minimum absolute atomic E-state index is 0.378. The molecule has 0 aliphatic heterocycles. The Morgan fingerprint density at radius 3 is 2.73 bits per heavy atom. The van der Waals surface area contributed by atoms with Crippen LogP contribution in [0.25, 0.3) is 16.9 Å². The first-order valence-corrected chi connectivity index (χ1v) is 8.66. The van der Waals surface area contributed by atoms with Gasteiger partial charge >= 0.3 is 6.09 Å². The van der Waals surface area contributed by atoms with Crippen LogP contribution in [0.15, 0.2) is 48.7 Å². The van der Waals surface area contributed by atoms with Gasteiger partial charge in [-0.2, -0.15) is 5.10 Å². The predicted molar refractivity (Wildman–Crippen MR) is 103 cm³/mol. The third kappa shape index (κ3) is 4.00. The number of aromatic nitrogens is 2. The van der Waals surface area contributed by atoms with E-state index in [0.717, 1.165) is 28.1 Å². The fraction of sp³-hybridized carbons (Fsp3) is 0.158. The average molecular weight is 390 g/mol. The largest absolute Gasteiger partial charge is 0.453 e. The number of benzene rings is 2. The number of amides is 1. The van der Waals surface area contributed by atoms with Crippen LogP contribution in [0.5, 0.6) is 0 Å². The number of hydrogen-bond acceptors (Lipinski definition) is 3. The van der Waals surface area contributed by atoms with Gasteiger partial charge in [0.1, 0.15) is 0 Å². The maximum absolute atomic E-state index is 11.3. The average Bonchev–Trinajstić information content (AvgIpc) is 3.10. The number of nitrogens with zero attached hydrogens (tertiary/aromatic N) is 2. The first-order valence-electron chi connectivity index (χ1n) is 7.91. The van der Waals surface area contributed by atoms with Crippen molar-refractivity contribution in [3.8, 4) is 16.9 Å². The molecule has 0 aliphatic rings. The second-order valence-corrected chi connectivity index (χ2v) is 6.57. The number of carbonyl (C=O) groups excluding carboxylic acids is 1. The van der Waals surface area contributed by atoms with Crippen LogP contribution in [0.1, 0.15) is 11.1 Å². The van der Waals surface area contributed by atoms with Crippen molar-refractivity contribution in [2.24, 2.45) is 0 Å². The molecule has 0 unspecified atom stereocenters. The number of aryl methyl sites for hydroxylation is 1. The highest BCUT2D eigenvalue weighted by Gasteiger charge is 2.10. The fourth-order valence-electron chi connectivity index (χ4n) is 2.54. The molecule has 0 fully saturated rings. The zero-order valence-electron chi connectivity index (χ0n) is 14.3. The Kier molecular flexibility index (Phi) is 5.49. The van der Waals surface area contributed by atoms with Gasteiger partial charge in [-0.25, -0.2) is 9.48 Å². The van der Waals surface area contributed by atoms with Crippen LogP contribution in [0.3, 0.4) is 0 Å². The molecule has 1 N–H and O–H groups in total. The molecule has 1 heterocycles. The van der Waals surface area contributed by atoms with Crippen LogP contribution < -0.4 is 5.32 Å². The van der Waals surface area contributed by atoms with Crippen LogP contribution in [0, 0.1) is 6.92 Å². The Labute approximate surface area is 161 Å². The molecule has 0 bridgehead atoms. The molecule has 0 saturated carbocycles. The van der Waals surface area contributed by atoms with Gasteiger partial charge in [0.2, 0.25) is 0 Å². The number of halogens is 2. The molecule has 1 aromatic heterocycles. The molecule has 5 nitrogen and oxygen atoms in total. The minimum Gasteiger partial charge on any atom is -0.453 e. The summed E-state index contributed by atoms with van der Waals surface area (Å²) in [7, 11) is 1.34. The van der Waals surface area contributed by atoms with Gasteiger partial charge in [0.15, 0.2) is 0 Å². The van der Waals surface area contributed by atoms with E-state index in [1.165, 1.54) is 7.11 Å². The second-order valence-electron chi connectivity index (χ2n) is 5.73. The number of nitrogens with one attached hydrogen (secondary N) is 1. The quantitative estimate of drug-likeness (QED) is 0.681. The summed E-state index contributed by atoms with van der Waals surface area (Å²) in [6.45, 7) is 2.36. The predicted octanol–water partition coefficient (Wildman–Crippen LogP) is 5.01. The lowest BCUT2D eigenvalue weighted by atomic mass is 10.1. The van der Waals surface area contributed by atoms with Gasteiger partial charge in [0, 0.05) is 23.3 Å². The van der Waals surface area contributed by atoms with E-state index in [1.807, 2.05) is 43.5 Å². The highest BCUT2D eigenvalue weighted by atomic mass is 35.5. The number of alkyl carbamates (subject to hydrolysis) is 1. The number of rotatable bonds is 4. The molecular weight excluding hydrogens is 373 g/mol. The maximum Gasteiger partial charge on any atom is 0.407 e. The molecule has 0 saturated heterocycles. The molecule has 0 spiro atoms. The lowest BCUT2D eigenvalue weighted by molar-refractivity contribution is 0.170. The van der Waals surface area contributed by atoms with Gasteiger partial charge in [-0.3, -0.25) is 0 Å². The maximum atomic E-state index is 11.3. The van der Waals surface area contributed by atoms with Crippen molar-refractivity contribution < 1.29 is 9.53 Å². The number of ether oxygens (including phenoxy) is 1. The first-order chi connectivity index (χ1) is 12.5. The van der Waals surface area contributed by atoms with E-state index in [2.05, 4.69) is 15.2 Å². The van der Waals surface area contributed by atoms with Crippen molar-refractivity contribution in [2.75, 3.05) is 7.11 Å². The normalized spacial score (nSPS) is 10.6. The van der Waals surface area contributed by atoms with E-state index in [4.69, 9.17) is 23.2 Å². The van der Waals surface area contributed by atoms with Gasteiger partial charge in [-0.15, -0.1) is 0 Å². The van der Waals surface area contributed by atoms with Crippen LogP contribution >= 0.6 is 23.2 Å². The van der Waals surface area contributed by atoms with Gasteiger partial charge in [0.25, 0.3) is 0 Å². The summed E-state index contributed by atoms with van der Waals surface area (Å²) in [5.74, 6) is 0. The van der Waals surface area contributed by atoms with Gasteiger partial charge in [-0.05, 0) is 54.4 Å². The van der Waals surface area contributed by atoms with E-state index >= 15 is 0 Å². The van der Waals surface area contributed by atoms with Crippen molar-refractivity contribution in [1.29, 1.82) is 0 Å². The standard InChI is InChI=1S/C19H17Cl2N3O2/c1-12-3-5-15(9-13(12)11-22-19(25)26-2)24-8-7-18(23-24)16-6-4-14(20)10-17(16)21/h3-10H,11H2,1-2H3,(H,22,25). The van der Waals surface area contributed by atoms with E-state index in [-0.39, 0.29) is 0 Å². The molecule has 0 radical (unpaired) electrons. The molecule has 26 heavy (non-hydrogen) atoms. The number of hydrogen-bond donors (Lipinski definition) is 1. The Morgan fingerprint density at radius 2 is 2.00 bits per heavy atom. The monoisotopic (exact) mass is 389 g/mol. The van der Waals surface area contributed by atoms with E-state index < -0.39 is 6.09 Å². The summed E-state index contributed by atoms with van der Waals surface area (Å²) in [6.07, 6.45) is 1.40. The number of methoxy groups -OCH3 is 1.